The Morgan fingerprint density at radius 2 is 1.55 bits per heavy atom. The highest BCUT2D eigenvalue weighted by Gasteiger charge is 2.71. The number of amides is 2. The number of piperazine rings is 1. The Labute approximate surface area is 337 Å². The summed E-state index contributed by atoms with van der Waals surface area (Å²) in [5.74, 6) is 1.72. The van der Waals surface area contributed by atoms with E-state index in [0.717, 1.165) is 57.3 Å². The molecule has 7 rings (SSSR count). The summed E-state index contributed by atoms with van der Waals surface area (Å²) < 4.78 is 5.59. The van der Waals surface area contributed by atoms with Gasteiger partial charge >= 0.3 is 12.1 Å². The average molecular weight is 770 g/mol. The zero-order valence-electron chi connectivity index (χ0n) is 36.1. The molecule has 0 bridgehead atoms. The Morgan fingerprint density at radius 1 is 0.875 bits per heavy atom. The number of hydrogen-bond acceptors (Lipinski definition) is 5. The van der Waals surface area contributed by atoms with Crippen molar-refractivity contribution >= 4 is 23.5 Å². The molecule has 0 radical (unpaired) electrons. The molecule has 0 aromatic heterocycles. The molecule has 8 heteroatoms. The molecule has 1 aromatic carbocycles. The lowest BCUT2D eigenvalue weighted by atomic mass is 9.32. The van der Waals surface area contributed by atoms with Crippen molar-refractivity contribution in [3.05, 3.63) is 53.6 Å². The highest BCUT2D eigenvalue weighted by Crippen LogP contribution is 2.77. The fraction of sp³-hybridized carbons (Fsp3) is 0.729. The second-order valence-electron chi connectivity index (χ2n) is 21.3. The van der Waals surface area contributed by atoms with Crippen molar-refractivity contribution in [2.24, 2.45) is 56.7 Å². The molecule has 6 aliphatic rings. The van der Waals surface area contributed by atoms with Crippen molar-refractivity contribution in [1.82, 2.24) is 15.1 Å². The fourth-order valence-corrected chi connectivity index (χ4v) is 14.4. The number of rotatable bonds is 7. The maximum atomic E-state index is 14.7. The van der Waals surface area contributed by atoms with Gasteiger partial charge in [0.1, 0.15) is 5.60 Å². The quantitative estimate of drug-likeness (QED) is 0.268. The van der Waals surface area contributed by atoms with Gasteiger partial charge in [-0.15, -0.1) is 0 Å². The lowest BCUT2D eigenvalue weighted by molar-refractivity contribution is -0.225. The van der Waals surface area contributed by atoms with Gasteiger partial charge in [-0.1, -0.05) is 65.0 Å². The van der Waals surface area contributed by atoms with Crippen LogP contribution < -0.4 is 5.32 Å². The number of benzene rings is 1. The first-order valence-electron chi connectivity index (χ1n) is 21.9. The molecule has 5 aliphatic carbocycles. The number of allylic oxidation sites excluding steroid dienone is 3. The number of ether oxygens (including phenoxy) is 1. The summed E-state index contributed by atoms with van der Waals surface area (Å²) in [6.45, 7) is 29.5. The predicted octanol–water partition coefficient (Wildman–Crippen LogP) is 9.70. The number of carbonyl (C=O) groups is 3. The molecule has 0 spiro atoms. The van der Waals surface area contributed by atoms with E-state index in [0.29, 0.717) is 54.8 Å². The van der Waals surface area contributed by atoms with E-state index in [9.17, 15) is 19.5 Å². The minimum Gasteiger partial charge on any atom is -0.478 e. The van der Waals surface area contributed by atoms with Crippen molar-refractivity contribution in [1.29, 1.82) is 0 Å². The molecule has 1 aliphatic heterocycles. The van der Waals surface area contributed by atoms with E-state index >= 15 is 0 Å². The SMILES string of the molecule is C=C(C)C1CCC2(C(=O)NCCN3CCN(C(=O)OC(C)(C)C)CC3)CCC3(C)C(CCC4C5(C)CC=C(c6ccc(C(=O)O)cc6)C(C)(C)C5CCC43C)C12. The van der Waals surface area contributed by atoms with E-state index in [1.54, 1.807) is 17.0 Å². The molecule has 1 aromatic rings. The van der Waals surface area contributed by atoms with Crippen LogP contribution in [0.3, 0.4) is 0 Å². The molecule has 8 nitrogen and oxygen atoms in total. The Morgan fingerprint density at radius 3 is 2.18 bits per heavy atom. The number of aromatic carboxylic acids is 1. The van der Waals surface area contributed by atoms with E-state index in [-0.39, 0.29) is 39.1 Å². The van der Waals surface area contributed by atoms with Crippen LogP contribution in [-0.2, 0) is 9.53 Å². The van der Waals surface area contributed by atoms with Crippen LogP contribution in [0.15, 0.2) is 42.5 Å². The molecule has 5 fully saturated rings. The van der Waals surface area contributed by atoms with Crippen LogP contribution >= 0.6 is 0 Å². The topological polar surface area (TPSA) is 99.2 Å². The van der Waals surface area contributed by atoms with Gasteiger partial charge < -0.3 is 20.1 Å². The van der Waals surface area contributed by atoms with Gasteiger partial charge in [-0.25, -0.2) is 9.59 Å². The summed E-state index contributed by atoms with van der Waals surface area (Å²) in [5, 5.41) is 13.0. The van der Waals surface area contributed by atoms with Crippen molar-refractivity contribution in [3.8, 4) is 0 Å². The number of fused-ring (bicyclic) bond motifs is 7. The molecule has 9 atom stereocenters. The van der Waals surface area contributed by atoms with Crippen molar-refractivity contribution in [2.45, 2.75) is 126 Å². The van der Waals surface area contributed by atoms with Gasteiger partial charge in [0.15, 0.2) is 0 Å². The van der Waals surface area contributed by atoms with Crippen LogP contribution in [0.2, 0.25) is 0 Å². The Hall–Kier alpha value is -3.13. The first-order chi connectivity index (χ1) is 26.2. The van der Waals surface area contributed by atoms with Crippen LogP contribution in [0, 0.1) is 56.7 Å². The van der Waals surface area contributed by atoms with E-state index in [4.69, 9.17) is 4.74 Å². The van der Waals surface area contributed by atoms with Crippen LogP contribution in [0.4, 0.5) is 4.79 Å². The number of carboxylic acids is 1. The number of carbonyl (C=O) groups excluding carboxylic acids is 2. The largest absolute Gasteiger partial charge is 0.478 e. The summed E-state index contributed by atoms with van der Waals surface area (Å²) in [5.41, 5.74) is 3.74. The molecule has 308 valence electrons. The first kappa shape index (κ1) is 41.0. The van der Waals surface area contributed by atoms with Gasteiger partial charge in [-0.2, -0.15) is 0 Å². The fourth-order valence-electron chi connectivity index (χ4n) is 14.4. The smallest absolute Gasteiger partial charge is 0.410 e. The molecule has 56 heavy (non-hydrogen) atoms. The molecular weight excluding hydrogens is 699 g/mol. The number of carboxylic acid groups (broad SMARTS) is 1. The van der Waals surface area contributed by atoms with Gasteiger partial charge in [0.05, 0.1) is 11.0 Å². The highest BCUT2D eigenvalue weighted by atomic mass is 16.6. The standard InChI is InChI=1S/C48H71N3O5/c1-31(2)34-17-22-48(41(54)49-25-26-50-27-29-51(30-28-50)42(55)56-43(3,4)5)24-23-46(9)36(39(34)48)15-16-38-45(8)20-18-35(32-11-13-33(14-12-32)40(52)53)44(6,7)37(45)19-21-47(38,46)10/h11-14,18,34,36-39H,1,15-17,19-30H2,2-10H3,(H,49,54)(H,52,53). The van der Waals surface area contributed by atoms with Gasteiger partial charge in [0, 0.05) is 39.3 Å². The van der Waals surface area contributed by atoms with Gasteiger partial charge in [0.25, 0.3) is 0 Å². The van der Waals surface area contributed by atoms with Crippen LogP contribution in [-0.4, -0.2) is 77.7 Å². The molecule has 1 heterocycles. The van der Waals surface area contributed by atoms with E-state index in [2.05, 4.69) is 64.4 Å². The minimum absolute atomic E-state index is 0.0290. The third-order valence-electron chi connectivity index (χ3n) is 17.3. The molecule has 2 amide bonds. The summed E-state index contributed by atoms with van der Waals surface area (Å²) in [6, 6.07) is 7.53. The van der Waals surface area contributed by atoms with Gasteiger partial charge in [-0.3, -0.25) is 9.69 Å². The van der Waals surface area contributed by atoms with E-state index in [1.807, 2.05) is 32.9 Å². The van der Waals surface area contributed by atoms with E-state index in [1.165, 1.54) is 36.8 Å². The summed E-state index contributed by atoms with van der Waals surface area (Å²) in [4.78, 5) is 43.0. The summed E-state index contributed by atoms with van der Waals surface area (Å²) in [6.07, 6.45) is 12.2. The average Bonchev–Trinajstić information content (AvgIpc) is 3.53. The number of nitrogens with zero attached hydrogens (tertiary/aromatic N) is 2. The lowest BCUT2D eigenvalue weighted by Gasteiger charge is -2.72. The minimum atomic E-state index is -0.881. The monoisotopic (exact) mass is 770 g/mol. The zero-order valence-corrected chi connectivity index (χ0v) is 36.1. The molecule has 9 unspecified atom stereocenters. The summed E-state index contributed by atoms with van der Waals surface area (Å²) >= 11 is 0. The maximum Gasteiger partial charge on any atom is 0.410 e. The molecular formula is C48H71N3O5. The van der Waals surface area contributed by atoms with Crippen molar-refractivity contribution < 1.29 is 24.2 Å². The van der Waals surface area contributed by atoms with Gasteiger partial charge in [-0.05, 0) is 160 Å². The van der Waals surface area contributed by atoms with Crippen molar-refractivity contribution in [3.63, 3.8) is 0 Å². The third kappa shape index (κ3) is 6.56. The summed E-state index contributed by atoms with van der Waals surface area (Å²) in [7, 11) is 0. The molecule has 4 saturated carbocycles. The van der Waals surface area contributed by atoms with Crippen LogP contribution in [0.1, 0.15) is 136 Å². The second kappa shape index (κ2) is 14.3. The van der Waals surface area contributed by atoms with Crippen LogP contribution in [0.25, 0.3) is 5.57 Å². The predicted molar refractivity (Wildman–Crippen MR) is 223 cm³/mol. The number of hydrogen-bond donors (Lipinski definition) is 2. The maximum absolute atomic E-state index is 14.7. The van der Waals surface area contributed by atoms with Gasteiger partial charge in [0.2, 0.25) is 5.91 Å². The molecule has 2 N–H and O–H groups in total. The van der Waals surface area contributed by atoms with E-state index < -0.39 is 11.6 Å². The lowest BCUT2D eigenvalue weighted by Crippen LogP contribution is -2.66. The van der Waals surface area contributed by atoms with Crippen molar-refractivity contribution in [2.75, 3.05) is 39.3 Å². The Kier molecular flexibility index (Phi) is 10.5. The van der Waals surface area contributed by atoms with Crippen LogP contribution in [0.5, 0.6) is 0 Å². The zero-order chi connectivity index (χ0) is 40.6. The molecule has 1 saturated heterocycles. The Bertz CT molecular complexity index is 1750. The Balaban J connectivity index is 1.07. The highest BCUT2D eigenvalue weighted by molar-refractivity contribution is 5.88. The third-order valence-corrected chi connectivity index (χ3v) is 17.3. The second-order valence-corrected chi connectivity index (χ2v) is 21.3. The normalized spacial score (nSPS) is 37.9. The first-order valence-corrected chi connectivity index (χ1v) is 21.9. The number of nitrogens with one attached hydrogen (secondary N) is 1.